The normalized spacial score (nSPS) is 19.5. The highest BCUT2D eigenvalue weighted by atomic mass is 35.5. The molecule has 9 rings (SSSR count). The maximum Gasteiger partial charge on any atom is 0.255 e. The van der Waals surface area contributed by atoms with Crippen molar-refractivity contribution in [2.24, 2.45) is 4.99 Å². The van der Waals surface area contributed by atoms with Gasteiger partial charge in [0.2, 0.25) is 23.6 Å². The van der Waals surface area contributed by atoms with Gasteiger partial charge >= 0.3 is 0 Å². The van der Waals surface area contributed by atoms with Gasteiger partial charge in [0.1, 0.15) is 22.9 Å². The minimum absolute atomic E-state index is 0.0109. The number of unbranched alkanes of at least 4 members (excludes halogenated alkanes) is 2. The van der Waals surface area contributed by atoms with E-state index >= 15 is 0 Å². The molecule has 0 spiro atoms. The molecule has 4 atom stereocenters. The van der Waals surface area contributed by atoms with Crippen molar-refractivity contribution >= 4 is 58.2 Å². The summed E-state index contributed by atoms with van der Waals surface area (Å²) in [5.41, 5.74) is 7.32. The fraction of sp³-hybridized carbons (Fsp3) is 0.469. The van der Waals surface area contributed by atoms with Crippen LogP contribution in [-0.2, 0) is 36.9 Å². The van der Waals surface area contributed by atoms with Crippen LogP contribution in [0.2, 0.25) is 5.02 Å². The molecule has 1 aliphatic carbocycles. The van der Waals surface area contributed by atoms with E-state index in [0.29, 0.717) is 68.3 Å². The van der Waals surface area contributed by atoms with Gasteiger partial charge in [-0.25, -0.2) is 0 Å². The summed E-state index contributed by atoms with van der Waals surface area (Å²) in [5, 5.41) is 27.6. The van der Waals surface area contributed by atoms with Gasteiger partial charge in [-0.3, -0.25) is 43.5 Å². The number of nitrogens with zero attached hydrogens (tertiary/aromatic N) is 8. The molecule has 2 aromatic carbocycles. The second-order valence-corrected chi connectivity index (χ2v) is 19.6. The van der Waals surface area contributed by atoms with Crippen LogP contribution < -0.4 is 16.0 Å². The van der Waals surface area contributed by atoms with E-state index in [1.165, 1.54) is 4.88 Å². The zero-order valence-electron chi connectivity index (χ0n) is 38.6. The lowest BCUT2D eigenvalue weighted by atomic mass is 9.84. The number of aryl methyl sites for hydroxylation is 4. The van der Waals surface area contributed by atoms with Crippen molar-refractivity contribution in [3.8, 4) is 5.00 Å². The number of carbonyl (C=O) groups excluding carboxylic acids is 5. The highest BCUT2D eigenvalue weighted by Crippen LogP contribution is 2.49. The lowest BCUT2D eigenvalue weighted by Gasteiger charge is -2.37. The smallest absolute Gasteiger partial charge is 0.255 e. The van der Waals surface area contributed by atoms with Gasteiger partial charge in [-0.15, -0.1) is 26.6 Å². The number of nitrogens with one attached hydrogen (secondary N) is 3. The molecule has 17 nitrogen and oxygen atoms in total. The van der Waals surface area contributed by atoms with Crippen molar-refractivity contribution in [1.29, 1.82) is 0 Å². The molecule has 5 amide bonds. The van der Waals surface area contributed by atoms with E-state index in [1.807, 2.05) is 60.2 Å². The Hall–Kier alpha value is -6.11. The number of ether oxygens (including phenoxy) is 1. The molecular formula is C49H56ClN11O6S. The summed E-state index contributed by atoms with van der Waals surface area (Å²) >= 11 is 7.92. The summed E-state index contributed by atoms with van der Waals surface area (Å²) < 4.78 is 10.1. The average Bonchev–Trinajstić information content (AvgIpc) is 4.06. The second kappa shape index (κ2) is 20.6. The predicted octanol–water partition coefficient (Wildman–Crippen LogP) is 6.45. The first-order chi connectivity index (χ1) is 32.9. The topological polar surface area (TPSA) is 208 Å². The molecule has 0 radical (unpaired) electrons. The summed E-state index contributed by atoms with van der Waals surface area (Å²) in [6, 6.07) is 12.0. The van der Waals surface area contributed by atoms with Crippen LogP contribution in [0, 0.1) is 20.8 Å². The van der Waals surface area contributed by atoms with Gasteiger partial charge in [0.25, 0.3) is 5.91 Å². The van der Waals surface area contributed by atoms with Crippen molar-refractivity contribution in [1.82, 2.24) is 50.6 Å². The molecule has 5 aromatic rings. The van der Waals surface area contributed by atoms with Gasteiger partial charge < -0.3 is 20.3 Å². The van der Waals surface area contributed by atoms with Gasteiger partial charge in [-0.1, -0.05) is 41.1 Å². The number of piperidine rings is 1. The lowest BCUT2D eigenvalue weighted by molar-refractivity contribution is -0.137. The standard InChI is InChI=1S/C49H56ClN11O6S/c1-28-29(2)68-49-43(28)45(31-14-16-32(50)17-15-31)53-36(46-57-55-30(3)60(46)49)26-42(64)52-22-5-4-10-33-27-59(58-56-33)24-9-13-40(62)51-23-6-7-25-67-39-20-18-37-44-34(39)11-8-12-35(44)48(66)61(37)38-19-21-41(63)54-47(38)65/h8,11-12,14-17,27,36-39H,4-7,9-10,13,18-26H2,1-3H3,(H,51,62)(H,52,64)(H,54,63,65)/t36-,37?,38?,39?/m0/s1. The molecular weight excluding hydrogens is 906 g/mol. The largest absolute Gasteiger partial charge is 0.374 e. The van der Waals surface area contributed by atoms with E-state index < -0.39 is 18.0 Å². The van der Waals surface area contributed by atoms with Crippen LogP contribution in [0.3, 0.4) is 0 Å². The number of amides is 5. The van der Waals surface area contributed by atoms with Gasteiger partial charge in [0.15, 0.2) is 5.82 Å². The fourth-order valence-corrected chi connectivity index (χ4v) is 11.2. The zero-order valence-corrected chi connectivity index (χ0v) is 40.1. The summed E-state index contributed by atoms with van der Waals surface area (Å²) in [5.74, 6) is 0.405. The number of aliphatic imine (C=N–C) groups is 1. The third-order valence-electron chi connectivity index (χ3n) is 13.4. The van der Waals surface area contributed by atoms with E-state index in [9.17, 15) is 24.0 Å². The fourth-order valence-electron chi connectivity index (χ4n) is 9.84. The van der Waals surface area contributed by atoms with E-state index in [-0.39, 0.29) is 48.6 Å². The second-order valence-electron chi connectivity index (χ2n) is 18.0. The van der Waals surface area contributed by atoms with Crippen LogP contribution in [0.5, 0.6) is 0 Å². The number of thiophene rings is 1. The quantitative estimate of drug-likeness (QED) is 0.0609. The maximum absolute atomic E-state index is 13.5. The van der Waals surface area contributed by atoms with Gasteiger partial charge in [-0.2, -0.15) is 0 Å². The van der Waals surface area contributed by atoms with Crippen molar-refractivity contribution < 1.29 is 28.7 Å². The summed E-state index contributed by atoms with van der Waals surface area (Å²) in [7, 11) is 0. The first-order valence-electron chi connectivity index (χ1n) is 23.6. The molecule has 3 aromatic heterocycles. The molecule has 68 heavy (non-hydrogen) atoms. The van der Waals surface area contributed by atoms with Crippen LogP contribution in [-0.4, -0.2) is 95.6 Å². The highest BCUT2D eigenvalue weighted by Gasteiger charge is 2.48. The molecule has 6 heterocycles. The molecule has 19 heteroatoms. The molecule has 3 aliphatic heterocycles. The molecule has 3 N–H and O–H groups in total. The van der Waals surface area contributed by atoms with Gasteiger partial charge in [-0.05, 0) is 113 Å². The SMILES string of the molecule is Cc1sc2c(c1C)C(c1ccc(Cl)cc1)=N[C@@H](CC(=O)NCCCCc1cn(CCCC(=O)NCCCCOC3CCC4c5c(cccc53)C(=O)N4C3CCC(=O)NC3=O)nn1)c1nnc(C)n1-2. The number of hydrogen-bond donors (Lipinski definition) is 3. The molecule has 356 valence electrons. The Bertz CT molecular complexity index is 2760. The van der Waals surface area contributed by atoms with E-state index in [1.54, 1.807) is 20.9 Å². The Morgan fingerprint density at radius 1 is 0.897 bits per heavy atom. The Kier molecular flexibility index (Phi) is 14.3. The minimum atomic E-state index is -0.649. The van der Waals surface area contributed by atoms with Crippen molar-refractivity contribution in [3.05, 3.63) is 109 Å². The number of carbonyl (C=O) groups is 5. The van der Waals surface area contributed by atoms with Crippen LogP contribution >= 0.6 is 22.9 Å². The van der Waals surface area contributed by atoms with Crippen LogP contribution in [0.25, 0.3) is 5.00 Å². The Labute approximate surface area is 403 Å². The third kappa shape index (κ3) is 9.89. The number of hydrogen-bond acceptors (Lipinski definition) is 12. The number of rotatable bonds is 19. The van der Waals surface area contributed by atoms with Crippen molar-refractivity contribution in [2.75, 3.05) is 19.7 Å². The summed E-state index contributed by atoms with van der Waals surface area (Å²) in [6.07, 6.45) is 8.72. The van der Waals surface area contributed by atoms with Gasteiger partial charge in [0, 0.05) is 71.9 Å². The number of fused-ring (bicyclic) bond motifs is 3. The van der Waals surface area contributed by atoms with E-state index in [2.05, 4.69) is 50.3 Å². The predicted molar refractivity (Wildman–Crippen MR) is 255 cm³/mol. The Morgan fingerprint density at radius 3 is 2.50 bits per heavy atom. The number of imide groups is 1. The Balaban J connectivity index is 0.658. The maximum atomic E-state index is 13.5. The van der Waals surface area contributed by atoms with Crippen molar-refractivity contribution in [3.63, 3.8) is 0 Å². The molecule has 0 bridgehead atoms. The monoisotopic (exact) mass is 961 g/mol. The first kappa shape index (κ1) is 47.0. The lowest BCUT2D eigenvalue weighted by Crippen LogP contribution is -2.53. The van der Waals surface area contributed by atoms with E-state index in [4.69, 9.17) is 21.3 Å². The molecule has 4 aliphatic rings. The number of aromatic nitrogens is 6. The summed E-state index contributed by atoms with van der Waals surface area (Å²) in [6.45, 7) is 8.30. The summed E-state index contributed by atoms with van der Waals surface area (Å²) in [4.78, 5) is 71.9. The van der Waals surface area contributed by atoms with Crippen LogP contribution in [0.15, 0.2) is 53.7 Å². The van der Waals surface area contributed by atoms with Crippen LogP contribution in [0.4, 0.5) is 0 Å². The van der Waals surface area contributed by atoms with Crippen molar-refractivity contribution in [2.45, 2.75) is 129 Å². The van der Waals surface area contributed by atoms with E-state index in [0.717, 1.165) is 88.6 Å². The molecule has 3 unspecified atom stereocenters. The molecule has 1 fully saturated rings. The zero-order chi connectivity index (χ0) is 47.5. The minimum Gasteiger partial charge on any atom is -0.374 e. The molecule has 0 saturated carbocycles. The number of benzene rings is 2. The molecule has 1 saturated heterocycles. The highest BCUT2D eigenvalue weighted by molar-refractivity contribution is 7.15. The average molecular weight is 963 g/mol. The number of halogens is 1. The Morgan fingerprint density at radius 2 is 1.69 bits per heavy atom. The third-order valence-corrected chi connectivity index (χ3v) is 14.8. The van der Waals surface area contributed by atoms with Crippen LogP contribution in [0.1, 0.15) is 149 Å². The first-order valence-corrected chi connectivity index (χ1v) is 24.8. The van der Waals surface area contributed by atoms with Gasteiger partial charge in [0.05, 0.1) is 30.0 Å².